The average Bonchev–Trinajstić information content (AvgIpc) is 3.15. The summed E-state index contributed by atoms with van der Waals surface area (Å²) in [5.41, 5.74) is 0.339. The van der Waals surface area contributed by atoms with Crippen LogP contribution in [0.4, 0.5) is 11.4 Å². The Labute approximate surface area is 176 Å². The number of hydrogen-bond donors (Lipinski definition) is 0. The minimum Gasteiger partial charge on any atom is -0.366 e. The summed E-state index contributed by atoms with van der Waals surface area (Å²) in [5.74, 6) is 0. The van der Waals surface area contributed by atoms with Gasteiger partial charge in [-0.15, -0.1) is 0 Å². The Morgan fingerprint density at radius 1 is 1.03 bits per heavy atom. The molecule has 30 heavy (non-hydrogen) atoms. The predicted molar refractivity (Wildman–Crippen MR) is 113 cm³/mol. The quantitative estimate of drug-likeness (QED) is 0.530. The smallest absolute Gasteiger partial charge is 0.293 e. The van der Waals surface area contributed by atoms with Gasteiger partial charge < -0.3 is 9.47 Å². The molecule has 4 rings (SSSR count). The van der Waals surface area contributed by atoms with E-state index >= 15 is 0 Å². The van der Waals surface area contributed by atoms with E-state index in [-0.39, 0.29) is 10.6 Å². The molecule has 0 N–H and O–H groups in total. The topological polar surface area (TPSA) is 102 Å². The van der Waals surface area contributed by atoms with E-state index in [0.29, 0.717) is 37.9 Å². The zero-order valence-corrected chi connectivity index (χ0v) is 17.7. The molecule has 0 amide bonds. The molecule has 0 saturated carbocycles. The molecule has 10 heteroatoms. The zero-order chi connectivity index (χ0) is 21.1. The molecule has 3 heterocycles. The third-order valence-electron chi connectivity index (χ3n) is 6.10. The molecule has 2 saturated heterocycles. The second kappa shape index (κ2) is 8.73. The molecule has 2 aromatic rings. The fourth-order valence-electron chi connectivity index (χ4n) is 4.40. The second-order valence-electron chi connectivity index (χ2n) is 7.95. The van der Waals surface area contributed by atoms with Crippen molar-refractivity contribution >= 4 is 21.4 Å². The largest absolute Gasteiger partial charge is 0.366 e. The molecular weight excluding hydrogens is 406 g/mol. The Balaban J connectivity index is 1.56. The molecule has 2 fully saturated rings. The van der Waals surface area contributed by atoms with E-state index in [1.54, 1.807) is 18.6 Å². The maximum atomic E-state index is 13.1. The van der Waals surface area contributed by atoms with Gasteiger partial charge in [0.2, 0.25) is 10.0 Å². The van der Waals surface area contributed by atoms with Crippen LogP contribution in [0.25, 0.3) is 0 Å². The highest BCUT2D eigenvalue weighted by atomic mass is 32.2. The first-order valence-electron chi connectivity index (χ1n) is 10.5. The molecule has 9 nitrogen and oxygen atoms in total. The Morgan fingerprint density at radius 3 is 2.33 bits per heavy atom. The van der Waals surface area contributed by atoms with Crippen LogP contribution in [0, 0.1) is 10.1 Å². The van der Waals surface area contributed by atoms with Gasteiger partial charge in [-0.2, -0.15) is 4.31 Å². The SMILES string of the molecule is O=[N+]([O-])c1cc(S(=O)(=O)N2CCCCCC2)ccc1N1CCC(n2ccnc2)CC1. The summed E-state index contributed by atoms with van der Waals surface area (Å²) >= 11 is 0. The van der Waals surface area contributed by atoms with Gasteiger partial charge in [-0.05, 0) is 37.8 Å². The third kappa shape index (κ3) is 4.20. The van der Waals surface area contributed by atoms with E-state index in [1.807, 2.05) is 11.1 Å². The van der Waals surface area contributed by atoms with Crippen LogP contribution in [0.15, 0.2) is 41.8 Å². The Bertz CT molecular complexity index is 977. The second-order valence-corrected chi connectivity index (χ2v) is 9.89. The Kier molecular flexibility index (Phi) is 6.05. The van der Waals surface area contributed by atoms with Crippen LogP contribution in [-0.2, 0) is 10.0 Å². The molecule has 0 radical (unpaired) electrons. The van der Waals surface area contributed by atoms with Crippen molar-refractivity contribution < 1.29 is 13.3 Å². The van der Waals surface area contributed by atoms with Crippen molar-refractivity contribution in [1.29, 1.82) is 0 Å². The van der Waals surface area contributed by atoms with E-state index in [4.69, 9.17) is 0 Å². The molecule has 2 aliphatic rings. The number of rotatable bonds is 5. The number of nitro groups is 1. The third-order valence-corrected chi connectivity index (χ3v) is 7.99. The summed E-state index contributed by atoms with van der Waals surface area (Å²) in [6.07, 6.45) is 10.9. The van der Waals surface area contributed by atoms with E-state index in [0.717, 1.165) is 38.5 Å². The summed E-state index contributed by atoms with van der Waals surface area (Å²) in [7, 11) is -3.73. The molecule has 0 aliphatic carbocycles. The number of piperidine rings is 1. The lowest BCUT2D eigenvalue weighted by atomic mass is 10.0. The van der Waals surface area contributed by atoms with Gasteiger partial charge in [0, 0.05) is 50.7 Å². The summed E-state index contributed by atoms with van der Waals surface area (Å²) in [6.45, 7) is 2.28. The molecule has 0 bridgehead atoms. The maximum absolute atomic E-state index is 13.1. The predicted octanol–water partition coefficient (Wildman–Crippen LogP) is 3.20. The van der Waals surface area contributed by atoms with Gasteiger partial charge in [0.25, 0.3) is 5.69 Å². The summed E-state index contributed by atoms with van der Waals surface area (Å²) in [5, 5.41) is 11.8. The van der Waals surface area contributed by atoms with Gasteiger partial charge in [0.1, 0.15) is 5.69 Å². The maximum Gasteiger partial charge on any atom is 0.293 e. The summed E-state index contributed by atoms with van der Waals surface area (Å²) in [4.78, 5) is 17.4. The monoisotopic (exact) mass is 433 g/mol. The van der Waals surface area contributed by atoms with E-state index < -0.39 is 14.9 Å². The van der Waals surface area contributed by atoms with Gasteiger partial charge in [-0.1, -0.05) is 12.8 Å². The van der Waals surface area contributed by atoms with Crippen LogP contribution < -0.4 is 4.90 Å². The number of hydrogen-bond acceptors (Lipinski definition) is 6. The molecule has 1 aromatic heterocycles. The number of sulfonamides is 1. The highest BCUT2D eigenvalue weighted by molar-refractivity contribution is 7.89. The van der Waals surface area contributed by atoms with Crippen molar-refractivity contribution in [2.45, 2.75) is 49.5 Å². The number of nitro benzene ring substituents is 1. The van der Waals surface area contributed by atoms with Gasteiger partial charge in [0.15, 0.2) is 0 Å². The van der Waals surface area contributed by atoms with Crippen LogP contribution in [0.2, 0.25) is 0 Å². The Hall–Kier alpha value is -2.46. The molecule has 1 aromatic carbocycles. The number of aromatic nitrogens is 2. The molecule has 0 spiro atoms. The van der Waals surface area contributed by atoms with Crippen LogP contribution in [0.1, 0.15) is 44.6 Å². The van der Waals surface area contributed by atoms with Gasteiger partial charge in [0.05, 0.1) is 16.1 Å². The van der Waals surface area contributed by atoms with Crippen molar-refractivity contribution in [3.05, 3.63) is 47.0 Å². The Morgan fingerprint density at radius 2 is 1.73 bits per heavy atom. The van der Waals surface area contributed by atoms with Crippen LogP contribution in [0.5, 0.6) is 0 Å². The van der Waals surface area contributed by atoms with Gasteiger partial charge >= 0.3 is 0 Å². The van der Waals surface area contributed by atoms with Crippen molar-refractivity contribution in [3.63, 3.8) is 0 Å². The molecular formula is C20H27N5O4S. The summed E-state index contributed by atoms with van der Waals surface area (Å²) in [6, 6.07) is 4.67. The van der Waals surface area contributed by atoms with Crippen molar-refractivity contribution in [3.8, 4) is 0 Å². The van der Waals surface area contributed by atoms with Gasteiger partial charge in [-0.25, -0.2) is 13.4 Å². The van der Waals surface area contributed by atoms with Crippen molar-refractivity contribution in [2.24, 2.45) is 0 Å². The van der Waals surface area contributed by atoms with E-state index in [9.17, 15) is 18.5 Å². The standard InChI is InChI=1S/C20H27N5O4S/c26-25(27)20-15-18(30(28,29)24-10-3-1-2-4-11-24)5-6-19(20)22-12-7-17(8-13-22)23-14-9-21-16-23/h5-6,9,14-17H,1-4,7-8,10-13H2. The number of benzene rings is 1. The molecule has 0 unspecified atom stereocenters. The molecule has 0 atom stereocenters. The highest BCUT2D eigenvalue weighted by Crippen LogP contribution is 2.35. The lowest BCUT2D eigenvalue weighted by Crippen LogP contribution is -2.35. The van der Waals surface area contributed by atoms with Gasteiger partial charge in [-0.3, -0.25) is 10.1 Å². The first kappa shape index (κ1) is 20.8. The lowest BCUT2D eigenvalue weighted by molar-refractivity contribution is -0.384. The summed E-state index contributed by atoms with van der Waals surface area (Å²) < 4.78 is 29.7. The first-order chi connectivity index (χ1) is 14.5. The number of nitrogens with zero attached hydrogens (tertiary/aromatic N) is 5. The van der Waals surface area contributed by atoms with Crippen LogP contribution >= 0.6 is 0 Å². The minimum atomic E-state index is -3.73. The van der Waals surface area contributed by atoms with E-state index in [1.165, 1.54) is 16.4 Å². The van der Waals surface area contributed by atoms with Crippen molar-refractivity contribution in [1.82, 2.24) is 13.9 Å². The fourth-order valence-corrected chi connectivity index (χ4v) is 5.94. The van der Waals surface area contributed by atoms with Crippen LogP contribution in [0.3, 0.4) is 0 Å². The van der Waals surface area contributed by atoms with Crippen LogP contribution in [-0.4, -0.2) is 53.4 Å². The fraction of sp³-hybridized carbons (Fsp3) is 0.550. The average molecular weight is 434 g/mol. The molecule has 162 valence electrons. The van der Waals surface area contributed by atoms with Crippen molar-refractivity contribution in [2.75, 3.05) is 31.1 Å². The molecule has 2 aliphatic heterocycles. The zero-order valence-electron chi connectivity index (χ0n) is 16.9. The normalized spacial score (nSPS) is 19.5. The van der Waals surface area contributed by atoms with E-state index in [2.05, 4.69) is 9.55 Å². The minimum absolute atomic E-state index is 0.00755. The highest BCUT2D eigenvalue weighted by Gasteiger charge is 2.30. The first-order valence-corrected chi connectivity index (χ1v) is 11.9. The number of anilines is 1. The lowest BCUT2D eigenvalue weighted by Gasteiger charge is -2.33. The number of imidazole rings is 1.